The quantitative estimate of drug-likeness (QED) is 0.901. The second-order valence-electron chi connectivity index (χ2n) is 5.93. The highest BCUT2D eigenvalue weighted by atomic mass is 15.1. The Kier molecular flexibility index (Phi) is 4.02. The molecule has 1 aromatic rings. The normalized spacial score (nSPS) is 23.1. The summed E-state index contributed by atoms with van der Waals surface area (Å²) in [4.78, 5) is 7.35. The van der Waals surface area contributed by atoms with Crippen molar-refractivity contribution in [2.24, 2.45) is 5.92 Å². The Morgan fingerprint density at radius 3 is 3.21 bits per heavy atom. The van der Waals surface area contributed by atoms with E-state index in [4.69, 9.17) is 4.98 Å². The van der Waals surface area contributed by atoms with Gasteiger partial charge < -0.3 is 10.2 Å². The Labute approximate surface area is 116 Å². The van der Waals surface area contributed by atoms with Gasteiger partial charge in [0, 0.05) is 18.8 Å². The number of nitrogens with zero attached hydrogens (tertiary/aromatic N) is 2. The monoisotopic (exact) mass is 259 g/mol. The maximum atomic E-state index is 4.79. The number of anilines is 1. The number of likely N-dealkylation sites (tertiary alicyclic amines) is 1. The summed E-state index contributed by atoms with van der Waals surface area (Å²) in [5.74, 6) is 2.02. The number of rotatable bonds is 4. The second kappa shape index (κ2) is 5.91. The Hall–Kier alpha value is -1.09. The summed E-state index contributed by atoms with van der Waals surface area (Å²) in [6.07, 6.45) is 6.23. The second-order valence-corrected chi connectivity index (χ2v) is 5.93. The van der Waals surface area contributed by atoms with Crippen molar-refractivity contribution in [1.29, 1.82) is 0 Å². The van der Waals surface area contributed by atoms with Crippen LogP contribution in [0.15, 0.2) is 12.1 Å². The minimum absolute atomic E-state index is 0.880. The standard InChI is InChI=1S/C16H25N3/c1-2-19-11-9-13(12-19)5-7-15-8-6-14-4-3-10-17-16(14)18-15/h6,8,13H,2-5,7,9-12H2,1H3,(H,17,18). The summed E-state index contributed by atoms with van der Waals surface area (Å²) in [7, 11) is 0. The van der Waals surface area contributed by atoms with Gasteiger partial charge in [-0.15, -0.1) is 0 Å². The molecule has 0 bridgehead atoms. The third-order valence-corrected chi connectivity index (χ3v) is 4.58. The average Bonchev–Trinajstić information content (AvgIpc) is 2.93. The van der Waals surface area contributed by atoms with E-state index in [1.165, 1.54) is 56.6 Å². The highest BCUT2D eigenvalue weighted by Gasteiger charge is 2.21. The lowest BCUT2D eigenvalue weighted by molar-refractivity contribution is 0.338. The highest BCUT2D eigenvalue weighted by Crippen LogP contribution is 2.23. The van der Waals surface area contributed by atoms with Crippen LogP contribution in [-0.4, -0.2) is 36.1 Å². The molecule has 1 aromatic heterocycles. The molecule has 0 aromatic carbocycles. The molecular formula is C16H25N3. The molecule has 3 heterocycles. The van der Waals surface area contributed by atoms with Gasteiger partial charge in [0.15, 0.2) is 0 Å². The van der Waals surface area contributed by atoms with Crippen LogP contribution >= 0.6 is 0 Å². The summed E-state index contributed by atoms with van der Waals surface area (Å²) in [5, 5.41) is 3.43. The molecular weight excluding hydrogens is 234 g/mol. The smallest absolute Gasteiger partial charge is 0.129 e. The van der Waals surface area contributed by atoms with E-state index in [1.807, 2.05) is 0 Å². The van der Waals surface area contributed by atoms with Crippen molar-refractivity contribution in [2.45, 2.75) is 39.0 Å². The van der Waals surface area contributed by atoms with Crippen LogP contribution in [0.4, 0.5) is 5.82 Å². The first-order valence-electron chi connectivity index (χ1n) is 7.80. The zero-order valence-electron chi connectivity index (χ0n) is 12.0. The van der Waals surface area contributed by atoms with E-state index in [0.29, 0.717) is 0 Å². The summed E-state index contributed by atoms with van der Waals surface area (Å²) < 4.78 is 0. The largest absolute Gasteiger partial charge is 0.370 e. The molecule has 1 N–H and O–H groups in total. The third kappa shape index (κ3) is 3.08. The van der Waals surface area contributed by atoms with Crippen LogP contribution < -0.4 is 5.32 Å². The molecule has 104 valence electrons. The van der Waals surface area contributed by atoms with Crippen LogP contribution in [-0.2, 0) is 12.8 Å². The first-order valence-corrected chi connectivity index (χ1v) is 7.80. The van der Waals surface area contributed by atoms with Gasteiger partial charge in [-0.25, -0.2) is 4.98 Å². The Morgan fingerprint density at radius 2 is 2.37 bits per heavy atom. The summed E-state index contributed by atoms with van der Waals surface area (Å²) in [5.41, 5.74) is 2.66. The van der Waals surface area contributed by atoms with Crippen LogP contribution in [0.2, 0.25) is 0 Å². The van der Waals surface area contributed by atoms with Crippen LogP contribution in [0.25, 0.3) is 0 Å². The number of aromatic nitrogens is 1. The molecule has 1 fully saturated rings. The van der Waals surface area contributed by atoms with Crippen molar-refractivity contribution in [3.05, 3.63) is 23.4 Å². The van der Waals surface area contributed by atoms with Crippen molar-refractivity contribution in [2.75, 3.05) is 31.5 Å². The molecule has 3 heteroatoms. The SMILES string of the molecule is CCN1CCC(CCc2ccc3c(n2)NCCC3)C1. The van der Waals surface area contributed by atoms with E-state index in [-0.39, 0.29) is 0 Å². The van der Waals surface area contributed by atoms with E-state index in [2.05, 4.69) is 29.3 Å². The third-order valence-electron chi connectivity index (χ3n) is 4.58. The van der Waals surface area contributed by atoms with E-state index >= 15 is 0 Å². The van der Waals surface area contributed by atoms with Crippen molar-refractivity contribution in [1.82, 2.24) is 9.88 Å². The lowest BCUT2D eigenvalue weighted by Gasteiger charge is -2.18. The number of aryl methyl sites for hydroxylation is 2. The van der Waals surface area contributed by atoms with Gasteiger partial charge in [0.1, 0.15) is 5.82 Å². The molecule has 0 saturated carbocycles. The van der Waals surface area contributed by atoms with Crippen molar-refractivity contribution < 1.29 is 0 Å². The Morgan fingerprint density at radius 1 is 1.42 bits per heavy atom. The molecule has 3 nitrogen and oxygen atoms in total. The Bertz CT molecular complexity index is 430. The number of nitrogens with one attached hydrogen (secondary N) is 1. The van der Waals surface area contributed by atoms with Gasteiger partial charge >= 0.3 is 0 Å². The first kappa shape index (κ1) is 12.9. The Balaban J connectivity index is 1.55. The van der Waals surface area contributed by atoms with Gasteiger partial charge in [-0.05, 0) is 62.7 Å². The molecule has 0 amide bonds. The predicted octanol–water partition coefficient (Wildman–Crippen LogP) is 2.71. The molecule has 1 saturated heterocycles. The molecule has 3 rings (SSSR count). The van der Waals surface area contributed by atoms with E-state index in [1.54, 1.807) is 0 Å². The molecule has 1 atom stereocenters. The van der Waals surface area contributed by atoms with Gasteiger partial charge in [-0.2, -0.15) is 0 Å². The maximum absolute atomic E-state index is 4.79. The van der Waals surface area contributed by atoms with Crippen molar-refractivity contribution in [3.63, 3.8) is 0 Å². The molecule has 0 aliphatic carbocycles. The van der Waals surface area contributed by atoms with Gasteiger partial charge in [0.05, 0.1) is 0 Å². The lowest BCUT2D eigenvalue weighted by atomic mass is 10.00. The highest BCUT2D eigenvalue weighted by molar-refractivity contribution is 5.46. The van der Waals surface area contributed by atoms with Crippen LogP contribution in [0, 0.1) is 5.92 Å². The van der Waals surface area contributed by atoms with Gasteiger partial charge in [-0.1, -0.05) is 13.0 Å². The minimum atomic E-state index is 0.880. The molecule has 19 heavy (non-hydrogen) atoms. The number of hydrogen-bond donors (Lipinski definition) is 1. The zero-order chi connectivity index (χ0) is 13.1. The average molecular weight is 259 g/mol. The van der Waals surface area contributed by atoms with Gasteiger partial charge in [0.25, 0.3) is 0 Å². The molecule has 2 aliphatic rings. The van der Waals surface area contributed by atoms with E-state index < -0.39 is 0 Å². The fourth-order valence-electron chi connectivity index (χ4n) is 3.30. The van der Waals surface area contributed by atoms with Crippen LogP contribution in [0.3, 0.4) is 0 Å². The lowest BCUT2D eigenvalue weighted by Crippen LogP contribution is -2.20. The fourth-order valence-corrected chi connectivity index (χ4v) is 3.30. The van der Waals surface area contributed by atoms with Crippen molar-refractivity contribution >= 4 is 5.82 Å². The number of fused-ring (bicyclic) bond motifs is 1. The zero-order valence-corrected chi connectivity index (χ0v) is 12.0. The first-order chi connectivity index (χ1) is 9.35. The topological polar surface area (TPSA) is 28.2 Å². The molecule has 1 unspecified atom stereocenters. The number of pyridine rings is 1. The van der Waals surface area contributed by atoms with E-state index in [0.717, 1.165) is 24.7 Å². The molecule has 2 aliphatic heterocycles. The summed E-state index contributed by atoms with van der Waals surface area (Å²) in [6, 6.07) is 4.51. The number of hydrogen-bond acceptors (Lipinski definition) is 3. The van der Waals surface area contributed by atoms with Crippen LogP contribution in [0.1, 0.15) is 37.4 Å². The maximum Gasteiger partial charge on any atom is 0.129 e. The van der Waals surface area contributed by atoms with E-state index in [9.17, 15) is 0 Å². The molecule has 0 spiro atoms. The molecule has 0 radical (unpaired) electrons. The van der Waals surface area contributed by atoms with Crippen LogP contribution in [0.5, 0.6) is 0 Å². The van der Waals surface area contributed by atoms with Gasteiger partial charge in [-0.3, -0.25) is 0 Å². The fraction of sp³-hybridized carbons (Fsp3) is 0.688. The van der Waals surface area contributed by atoms with Crippen molar-refractivity contribution in [3.8, 4) is 0 Å². The minimum Gasteiger partial charge on any atom is -0.370 e. The summed E-state index contributed by atoms with van der Waals surface area (Å²) >= 11 is 0. The predicted molar refractivity (Wildman–Crippen MR) is 79.6 cm³/mol. The van der Waals surface area contributed by atoms with Gasteiger partial charge in [0.2, 0.25) is 0 Å². The summed E-state index contributed by atoms with van der Waals surface area (Å²) in [6.45, 7) is 7.13.